The van der Waals surface area contributed by atoms with Crippen LogP contribution < -0.4 is 10.2 Å². The zero-order valence-corrected chi connectivity index (χ0v) is 15.1. The molecule has 0 aromatic carbocycles. The highest BCUT2D eigenvalue weighted by atomic mass is 16.5. The number of nitrogens with one attached hydrogen (secondary N) is 1. The van der Waals surface area contributed by atoms with Crippen LogP contribution >= 0.6 is 0 Å². The van der Waals surface area contributed by atoms with Gasteiger partial charge in [-0.2, -0.15) is 0 Å². The molecular weight excluding hydrogens is 346 g/mol. The zero-order chi connectivity index (χ0) is 18.5. The quantitative estimate of drug-likeness (QED) is 0.849. The smallest absolute Gasteiger partial charge is 0.255 e. The molecule has 0 saturated carbocycles. The number of anilines is 1. The summed E-state index contributed by atoms with van der Waals surface area (Å²) >= 11 is 0. The molecule has 2 aliphatic heterocycles. The van der Waals surface area contributed by atoms with Crippen LogP contribution in [0.2, 0.25) is 0 Å². The van der Waals surface area contributed by atoms with Crippen LogP contribution in [0.15, 0.2) is 30.7 Å². The first kappa shape index (κ1) is 17.8. The Morgan fingerprint density at radius 1 is 1.22 bits per heavy atom. The van der Waals surface area contributed by atoms with Crippen LogP contribution in [0.4, 0.5) is 5.95 Å². The number of hydrogen-bond acceptors (Lipinski definition) is 7. The molecule has 8 heteroatoms. The third-order valence-electron chi connectivity index (χ3n) is 4.78. The van der Waals surface area contributed by atoms with Crippen molar-refractivity contribution in [3.63, 3.8) is 0 Å². The molecule has 142 valence electrons. The summed E-state index contributed by atoms with van der Waals surface area (Å²) in [5, 5.41) is 2.96. The summed E-state index contributed by atoms with van der Waals surface area (Å²) in [5.41, 5.74) is 1.90. The Balaban J connectivity index is 1.60. The van der Waals surface area contributed by atoms with Crippen molar-refractivity contribution in [1.29, 1.82) is 0 Å². The first-order valence-corrected chi connectivity index (χ1v) is 9.31. The summed E-state index contributed by atoms with van der Waals surface area (Å²) in [6.45, 7) is 4.04. The van der Waals surface area contributed by atoms with Gasteiger partial charge in [0.15, 0.2) is 0 Å². The molecule has 2 aliphatic rings. The van der Waals surface area contributed by atoms with E-state index >= 15 is 0 Å². The number of ether oxygens (including phenoxy) is 2. The van der Waals surface area contributed by atoms with Gasteiger partial charge in [-0.25, -0.2) is 9.97 Å². The fourth-order valence-corrected chi connectivity index (χ4v) is 3.29. The minimum atomic E-state index is -0.189. The van der Waals surface area contributed by atoms with Gasteiger partial charge >= 0.3 is 0 Å². The molecule has 1 N–H and O–H groups in total. The Bertz CT molecular complexity index is 774. The van der Waals surface area contributed by atoms with Gasteiger partial charge in [-0.15, -0.1) is 0 Å². The molecule has 8 nitrogen and oxygen atoms in total. The van der Waals surface area contributed by atoms with Crippen LogP contribution in [0.1, 0.15) is 23.2 Å². The molecule has 2 fully saturated rings. The number of aromatic nitrogens is 3. The van der Waals surface area contributed by atoms with Gasteiger partial charge in [0.2, 0.25) is 5.95 Å². The lowest BCUT2D eigenvalue weighted by Gasteiger charge is -2.27. The van der Waals surface area contributed by atoms with Gasteiger partial charge in [0.1, 0.15) is 0 Å². The van der Waals surface area contributed by atoms with Gasteiger partial charge in [-0.05, 0) is 25.0 Å². The Morgan fingerprint density at radius 3 is 2.78 bits per heavy atom. The zero-order valence-electron chi connectivity index (χ0n) is 15.1. The minimum absolute atomic E-state index is 0.0897. The van der Waals surface area contributed by atoms with Crippen molar-refractivity contribution in [3.05, 3.63) is 36.3 Å². The fourth-order valence-electron chi connectivity index (χ4n) is 3.29. The molecule has 0 aliphatic carbocycles. The molecule has 0 bridgehead atoms. The van der Waals surface area contributed by atoms with Crippen molar-refractivity contribution in [2.24, 2.45) is 0 Å². The average molecular weight is 369 g/mol. The van der Waals surface area contributed by atoms with E-state index in [2.05, 4.69) is 20.2 Å². The molecule has 0 spiro atoms. The number of nitrogens with zero attached hydrogens (tertiary/aromatic N) is 4. The second-order valence-corrected chi connectivity index (χ2v) is 6.61. The lowest BCUT2D eigenvalue weighted by atomic mass is 10.1. The lowest BCUT2D eigenvalue weighted by Crippen LogP contribution is -2.37. The Hall–Kier alpha value is -2.58. The number of morpholine rings is 1. The molecule has 1 amide bonds. The summed E-state index contributed by atoms with van der Waals surface area (Å²) < 4.78 is 11.0. The topological polar surface area (TPSA) is 89.5 Å². The predicted molar refractivity (Wildman–Crippen MR) is 99.6 cm³/mol. The first-order valence-electron chi connectivity index (χ1n) is 9.31. The summed E-state index contributed by atoms with van der Waals surface area (Å²) in [6.07, 6.45) is 7.11. The number of amides is 1. The normalized spacial score (nSPS) is 19.9. The van der Waals surface area contributed by atoms with E-state index in [0.29, 0.717) is 37.0 Å². The van der Waals surface area contributed by atoms with Crippen LogP contribution in [-0.2, 0) is 9.47 Å². The van der Waals surface area contributed by atoms with Crippen LogP contribution in [0.5, 0.6) is 0 Å². The van der Waals surface area contributed by atoms with Crippen molar-refractivity contribution in [2.45, 2.75) is 18.9 Å². The standard InChI is InChI=1S/C19H23N5O3/c25-18(21-12-15-2-1-9-27-15)16-13-22-19(24-7-10-26-11-8-24)23-17(16)14-3-5-20-6-4-14/h3-6,13,15H,1-2,7-12H2,(H,21,25). The molecule has 2 aromatic heterocycles. The van der Waals surface area contributed by atoms with E-state index < -0.39 is 0 Å². The van der Waals surface area contributed by atoms with E-state index in [1.54, 1.807) is 18.6 Å². The molecule has 4 rings (SSSR count). The molecule has 2 aromatic rings. The number of hydrogen-bond donors (Lipinski definition) is 1. The predicted octanol–water partition coefficient (Wildman–Crippen LogP) is 1.28. The van der Waals surface area contributed by atoms with Crippen molar-refractivity contribution < 1.29 is 14.3 Å². The summed E-state index contributed by atoms with van der Waals surface area (Å²) in [5.74, 6) is 0.423. The van der Waals surface area contributed by atoms with E-state index in [4.69, 9.17) is 14.5 Å². The molecule has 2 saturated heterocycles. The molecular formula is C19H23N5O3. The summed E-state index contributed by atoms with van der Waals surface area (Å²) in [4.78, 5) is 28.1. The van der Waals surface area contributed by atoms with Crippen LogP contribution in [0.25, 0.3) is 11.3 Å². The third-order valence-corrected chi connectivity index (χ3v) is 4.78. The molecule has 1 unspecified atom stereocenters. The molecule has 0 radical (unpaired) electrons. The maximum absolute atomic E-state index is 12.8. The van der Waals surface area contributed by atoms with Crippen LogP contribution in [-0.4, -0.2) is 66.4 Å². The van der Waals surface area contributed by atoms with Gasteiger partial charge in [-0.1, -0.05) is 0 Å². The Kier molecular flexibility index (Phi) is 5.55. The highest BCUT2D eigenvalue weighted by molar-refractivity contribution is 5.99. The lowest BCUT2D eigenvalue weighted by molar-refractivity contribution is 0.0857. The Labute approximate surface area is 157 Å². The van der Waals surface area contributed by atoms with Crippen molar-refractivity contribution >= 4 is 11.9 Å². The van der Waals surface area contributed by atoms with E-state index in [1.165, 1.54) is 0 Å². The second kappa shape index (κ2) is 8.41. The highest BCUT2D eigenvalue weighted by Crippen LogP contribution is 2.23. The van der Waals surface area contributed by atoms with Crippen LogP contribution in [0.3, 0.4) is 0 Å². The summed E-state index contributed by atoms with van der Waals surface area (Å²) in [7, 11) is 0. The number of carbonyl (C=O) groups is 1. The maximum Gasteiger partial charge on any atom is 0.255 e. The van der Waals surface area contributed by atoms with E-state index in [0.717, 1.165) is 38.1 Å². The van der Waals surface area contributed by atoms with E-state index in [1.807, 2.05) is 12.1 Å². The molecule has 1 atom stereocenters. The maximum atomic E-state index is 12.8. The highest BCUT2D eigenvalue weighted by Gasteiger charge is 2.22. The number of rotatable bonds is 5. The van der Waals surface area contributed by atoms with Crippen molar-refractivity contribution in [3.8, 4) is 11.3 Å². The monoisotopic (exact) mass is 369 g/mol. The molecule has 27 heavy (non-hydrogen) atoms. The average Bonchev–Trinajstić information content (AvgIpc) is 3.26. The van der Waals surface area contributed by atoms with Gasteiger partial charge in [0.05, 0.1) is 30.6 Å². The number of pyridine rings is 1. The first-order chi connectivity index (χ1) is 13.3. The van der Waals surface area contributed by atoms with E-state index in [-0.39, 0.29) is 12.0 Å². The fraction of sp³-hybridized carbons (Fsp3) is 0.474. The van der Waals surface area contributed by atoms with Gasteiger partial charge in [-0.3, -0.25) is 9.78 Å². The van der Waals surface area contributed by atoms with Crippen LogP contribution in [0, 0.1) is 0 Å². The molecule has 4 heterocycles. The van der Waals surface area contributed by atoms with Gasteiger partial charge in [0.25, 0.3) is 5.91 Å². The summed E-state index contributed by atoms with van der Waals surface area (Å²) in [6, 6.07) is 3.70. The van der Waals surface area contributed by atoms with E-state index in [9.17, 15) is 4.79 Å². The van der Waals surface area contributed by atoms with Crippen molar-refractivity contribution in [2.75, 3.05) is 44.4 Å². The SMILES string of the molecule is O=C(NCC1CCCO1)c1cnc(N2CCOCC2)nc1-c1ccncc1. The number of carbonyl (C=O) groups excluding carboxylic acids is 1. The minimum Gasteiger partial charge on any atom is -0.378 e. The van der Waals surface area contributed by atoms with Gasteiger partial charge in [0, 0.05) is 50.4 Å². The van der Waals surface area contributed by atoms with Gasteiger partial charge < -0.3 is 19.7 Å². The van der Waals surface area contributed by atoms with Crippen molar-refractivity contribution in [1.82, 2.24) is 20.3 Å². The Morgan fingerprint density at radius 2 is 2.04 bits per heavy atom. The third kappa shape index (κ3) is 4.23. The second-order valence-electron chi connectivity index (χ2n) is 6.61. The largest absolute Gasteiger partial charge is 0.378 e.